The van der Waals surface area contributed by atoms with Gasteiger partial charge in [0.05, 0.1) is 11.3 Å². The second-order valence-corrected chi connectivity index (χ2v) is 4.63. The molecule has 0 atom stereocenters. The van der Waals surface area contributed by atoms with Crippen LogP contribution >= 0.6 is 12.2 Å². The first-order valence-electron chi connectivity index (χ1n) is 5.78. The Morgan fingerprint density at radius 1 is 1.29 bits per heavy atom. The zero-order valence-corrected chi connectivity index (χ0v) is 10.4. The highest BCUT2D eigenvalue weighted by molar-refractivity contribution is 7.80. The molecule has 1 heterocycles. The highest BCUT2D eigenvalue weighted by Crippen LogP contribution is 2.20. The summed E-state index contributed by atoms with van der Waals surface area (Å²) in [6, 6.07) is 4.82. The van der Waals surface area contributed by atoms with E-state index >= 15 is 0 Å². The summed E-state index contributed by atoms with van der Waals surface area (Å²) < 4.78 is 13.6. The molecule has 92 valence electrons. The third-order valence-electron chi connectivity index (χ3n) is 2.89. The molecule has 0 aliphatic carbocycles. The largest absolute Gasteiger partial charge is 0.389 e. The number of rotatable bonds is 3. The van der Waals surface area contributed by atoms with Gasteiger partial charge in [0.25, 0.3) is 0 Å². The van der Waals surface area contributed by atoms with Crippen LogP contribution in [0.25, 0.3) is 0 Å². The summed E-state index contributed by atoms with van der Waals surface area (Å²) in [5, 5.41) is 2.08. The molecule has 1 aliphatic rings. The van der Waals surface area contributed by atoms with E-state index in [1.807, 2.05) is 0 Å². The third kappa shape index (κ3) is 2.92. The predicted octanol–water partition coefficient (Wildman–Crippen LogP) is 2.27. The molecule has 0 saturated carbocycles. The lowest BCUT2D eigenvalue weighted by Gasteiger charge is -2.28. The number of thiocarbonyl (C=S) groups is 1. The minimum Gasteiger partial charge on any atom is -0.389 e. The molecule has 1 aromatic rings. The van der Waals surface area contributed by atoms with Crippen LogP contribution in [0, 0.1) is 5.82 Å². The number of nitrogens with zero attached hydrogens (tertiary/aromatic N) is 1. The number of hydrogen-bond acceptors (Lipinski definition) is 3. The second-order valence-electron chi connectivity index (χ2n) is 4.19. The molecule has 5 heteroatoms. The summed E-state index contributed by atoms with van der Waals surface area (Å²) in [5.41, 5.74) is 9.70. The molecule has 1 aliphatic heterocycles. The first kappa shape index (κ1) is 12.3. The van der Waals surface area contributed by atoms with E-state index in [0.717, 1.165) is 25.9 Å². The van der Waals surface area contributed by atoms with Crippen molar-refractivity contribution in [2.75, 3.05) is 18.5 Å². The number of benzene rings is 1. The summed E-state index contributed by atoms with van der Waals surface area (Å²) in [6.45, 7) is 1.93. The van der Waals surface area contributed by atoms with Crippen LogP contribution in [0.4, 0.5) is 10.1 Å². The topological polar surface area (TPSA) is 41.3 Å². The molecule has 0 amide bonds. The van der Waals surface area contributed by atoms with Gasteiger partial charge in [-0.05, 0) is 25.0 Å². The Morgan fingerprint density at radius 3 is 2.65 bits per heavy atom. The summed E-state index contributed by atoms with van der Waals surface area (Å²) in [4.78, 5) is 0.0857. The number of hydrogen-bond donors (Lipinski definition) is 2. The van der Waals surface area contributed by atoms with Gasteiger partial charge in [-0.1, -0.05) is 24.7 Å². The SMILES string of the molecule is NC(=S)c1c(F)cccc1NN1CCCCC1. The molecule has 1 fully saturated rings. The Labute approximate surface area is 106 Å². The van der Waals surface area contributed by atoms with Crippen LogP contribution in [-0.4, -0.2) is 23.1 Å². The molecular formula is C12H16FN3S. The van der Waals surface area contributed by atoms with Gasteiger partial charge in [0, 0.05) is 13.1 Å². The van der Waals surface area contributed by atoms with Crippen LogP contribution in [-0.2, 0) is 0 Å². The maximum atomic E-state index is 13.6. The van der Waals surface area contributed by atoms with Crippen LogP contribution < -0.4 is 11.2 Å². The van der Waals surface area contributed by atoms with Crippen molar-refractivity contribution in [1.82, 2.24) is 5.01 Å². The van der Waals surface area contributed by atoms with E-state index in [1.54, 1.807) is 12.1 Å². The number of hydrazine groups is 1. The lowest BCUT2D eigenvalue weighted by atomic mass is 10.1. The molecule has 0 radical (unpaired) electrons. The lowest BCUT2D eigenvalue weighted by molar-refractivity contribution is 0.273. The Balaban J connectivity index is 2.19. The molecule has 0 spiro atoms. The van der Waals surface area contributed by atoms with Crippen molar-refractivity contribution >= 4 is 22.9 Å². The minimum absolute atomic E-state index is 0.0857. The molecule has 0 unspecified atom stereocenters. The Bertz CT molecular complexity index is 416. The van der Waals surface area contributed by atoms with Gasteiger partial charge in [-0.2, -0.15) is 0 Å². The molecule has 0 aromatic heterocycles. The van der Waals surface area contributed by atoms with E-state index in [9.17, 15) is 4.39 Å². The fourth-order valence-corrected chi connectivity index (χ4v) is 2.25. The average molecular weight is 253 g/mol. The van der Waals surface area contributed by atoms with Crippen molar-refractivity contribution in [1.29, 1.82) is 0 Å². The third-order valence-corrected chi connectivity index (χ3v) is 3.10. The van der Waals surface area contributed by atoms with Gasteiger partial charge in [0.15, 0.2) is 0 Å². The summed E-state index contributed by atoms with van der Waals surface area (Å²) >= 11 is 4.88. The van der Waals surface area contributed by atoms with E-state index in [1.165, 1.54) is 12.5 Å². The molecule has 0 bridgehead atoms. The fourth-order valence-electron chi connectivity index (χ4n) is 2.04. The smallest absolute Gasteiger partial charge is 0.135 e. The van der Waals surface area contributed by atoms with Crippen LogP contribution in [0.1, 0.15) is 24.8 Å². The van der Waals surface area contributed by atoms with E-state index in [4.69, 9.17) is 18.0 Å². The van der Waals surface area contributed by atoms with Crippen molar-refractivity contribution in [3.05, 3.63) is 29.6 Å². The van der Waals surface area contributed by atoms with Gasteiger partial charge in [-0.15, -0.1) is 0 Å². The van der Waals surface area contributed by atoms with Gasteiger partial charge in [0.2, 0.25) is 0 Å². The quantitative estimate of drug-likeness (QED) is 0.811. The highest BCUT2D eigenvalue weighted by Gasteiger charge is 2.15. The molecule has 3 N–H and O–H groups in total. The van der Waals surface area contributed by atoms with Gasteiger partial charge < -0.3 is 11.2 Å². The molecule has 3 nitrogen and oxygen atoms in total. The zero-order chi connectivity index (χ0) is 12.3. The Hall–Kier alpha value is -1.20. The number of anilines is 1. The van der Waals surface area contributed by atoms with Crippen molar-refractivity contribution in [3.63, 3.8) is 0 Å². The number of halogens is 1. The number of nitrogens with two attached hydrogens (primary N) is 1. The molecule has 1 aromatic carbocycles. The summed E-state index contributed by atoms with van der Waals surface area (Å²) in [7, 11) is 0. The standard InChI is InChI=1S/C12H16FN3S/c13-9-5-4-6-10(11(9)12(14)17)15-16-7-2-1-3-8-16/h4-6,15H,1-3,7-8H2,(H2,14,17). The Kier molecular flexibility index (Phi) is 3.91. The first-order valence-corrected chi connectivity index (χ1v) is 6.19. The minimum atomic E-state index is -0.375. The highest BCUT2D eigenvalue weighted by atomic mass is 32.1. The van der Waals surface area contributed by atoms with Crippen LogP contribution in [0.5, 0.6) is 0 Å². The predicted molar refractivity (Wildman–Crippen MR) is 71.3 cm³/mol. The first-order chi connectivity index (χ1) is 8.18. The average Bonchev–Trinajstić information content (AvgIpc) is 2.30. The number of piperidine rings is 1. The lowest BCUT2D eigenvalue weighted by Crippen LogP contribution is -2.35. The van der Waals surface area contributed by atoms with Gasteiger partial charge in [-0.25, -0.2) is 9.40 Å². The van der Waals surface area contributed by atoms with E-state index in [2.05, 4.69) is 10.4 Å². The second kappa shape index (κ2) is 5.42. The van der Waals surface area contributed by atoms with Gasteiger partial charge in [0.1, 0.15) is 10.8 Å². The van der Waals surface area contributed by atoms with E-state index in [-0.39, 0.29) is 10.8 Å². The van der Waals surface area contributed by atoms with Crippen LogP contribution in [0.15, 0.2) is 18.2 Å². The van der Waals surface area contributed by atoms with E-state index < -0.39 is 0 Å². The monoisotopic (exact) mass is 253 g/mol. The van der Waals surface area contributed by atoms with E-state index in [0.29, 0.717) is 11.3 Å². The maximum absolute atomic E-state index is 13.6. The molecular weight excluding hydrogens is 237 g/mol. The van der Waals surface area contributed by atoms with Crippen molar-refractivity contribution in [3.8, 4) is 0 Å². The van der Waals surface area contributed by atoms with Crippen molar-refractivity contribution in [2.45, 2.75) is 19.3 Å². The van der Waals surface area contributed by atoms with Gasteiger partial charge in [-0.3, -0.25) is 0 Å². The van der Waals surface area contributed by atoms with Gasteiger partial charge >= 0.3 is 0 Å². The normalized spacial score (nSPS) is 16.8. The molecule has 17 heavy (non-hydrogen) atoms. The maximum Gasteiger partial charge on any atom is 0.135 e. The summed E-state index contributed by atoms with van der Waals surface area (Å²) in [6.07, 6.45) is 3.57. The van der Waals surface area contributed by atoms with Crippen LogP contribution in [0.3, 0.4) is 0 Å². The fraction of sp³-hybridized carbons (Fsp3) is 0.417. The van der Waals surface area contributed by atoms with Crippen LogP contribution in [0.2, 0.25) is 0 Å². The van der Waals surface area contributed by atoms with Crippen molar-refractivity contribution < 1.29 is 4.39 Å². The Morgan fingerprint density at radius 2 is 2.00 bits per heavy atom. The zero-order valence-electron chi connectivity index (χ0n) is 9.58. The molecule has 1 saturated heterocycles. The number of nitrogens with one attached hydrogen (secondary N) is 1. The molecule has 2 rings (SSSR count). The van der Waals surface area contributed by atoms with Crippen molar-refractivity contribution in [2.24, 2.45) is 5.73 Å². The summed E-state index contributed by atoms with van der Waals surface area (Å²) in [5.74, 6) is -0.375.